The average Bonchev–Trinajstić information content (AvgIpc) is 2.40. The molecule has 0 spiro atoms. The lowest BCUT2D eigenvalue weighted by molar-refractivity contribution is -0.385. The SMILES string of the molecule is CC(C)N(CCCCl)C(=O)c1cc(F)c(F)cc1[N+](=O)[O-]. The topological polar surface area (TPSA) is 63.5 Å². The Morgan fingerprint density at radius 2 is 1.95 bits per heavy atom. The summed E-state index contributed by atoms with van der Waals surface area (Å²) in [7, 11) is 0. The standard InChI is InChI=1S/C13H15ClF2N2O3/c1-8(2)17(5-3-4-14)13(19)9-6-10(15)11(16)7-12(9)18(20)21/h6-8H,3-5H2,1-2H3. The molecule has 0 aliphatic heterocycles. The highest BCUT2D eigenvalue weighted by Crippen LogP contribution is 2.24. The van der Waals surface area contributed by atoms with Gasteiger partial charge in [0.15, 0.2) is 11.6 Å². The number of nitro groups is 1. The van der Waals surface area contributed by atoms with Gasteiger partial charge >= 0.3 is 0 Å². The van der Waals surface area contributed by atoms with Crippen LogP contribution in [0, 0.1) is 21.7 Å². The van der Waals surface area contributed by atoms with Gasteiger partial charge in [-0.1, -0.05) is 0 Å². The van der Waals surface area contributed by atoms with Crippen molar-refractivity contribution in [1.82, 2.24) is 4.90 Å². The summed E-state index contributed by atoms with van der Waals surface area (Å²) in [6.07, 6.45) is 0.489. The molecule has 1 aromatic rings. The summed E-state index contributed by atoms with van der Waals surface area (Å²) in [5, 5.41) is 10.9. The molecule has 0 saturated carbocycles. The van der Waals surface area contributed by atoms with E-state index in [9.17, 15) is 23.7 Å². The van der Waals surface area contributed by atoms with Crippen molar-refractivity contribution >= 4 is 23.2 Å². The van der Waals surface area contributed by atoms with Crippen LogP contribution in [0.5, 0.6) is 0 Å². The third kappa shape index (κ3) is 4.10. The van der Waals surface area contributed by atoms with Crippen molar-refractivity contribution < 1.29 is 18.5 Å². The minimum atomic E-state index is -1.37. The van der Waals surface area contributed by atoms with Crippen molar-refractivity contribution in [2.45, 2.75) is 26.3 Å². The zero-order valence-electron chi connectivity index (χ0n) is 11.6. The second kappa shape index (κ2) is 7.31. The summed E-state index contributed by atoms with van der Waals surface area (Å²) in [6.45, 7) is 3.71. The summed E-state index contributed by atoms with van der Waals surface area (Å²) in [4.78, 5) is 23.7. The number of benzene rings is 1. The van der Waals surface area contributed by atoms with Crippen molar-refractivity contribution in [3.8, 4) is 0 Å². The molecule has 0 N–H and O–H groups in total. The van der Waals surface area contributed by atoms with Gasteiger partial charge in [0.05, 0.1) is 11.0 Å². The first kappa shape index (κ1) is 17.3. The van der Waals surface area contributed by atoms with Crippen molar-refractivity contribution in [2.24, 2.45) is 0 Å². The molecule has 0 unspecified atom stereocenters. The fourth-order valence-corrected chi connectivity index (χ4v) is 1.96. The molecule has 0 aromatic heterocycles. The quantitative estimate of drug-likeness (QED) is 0.458. The van der Waals surface area contributed by atoms with E-state index < -0.39 is 33.7 Å². The molecule has 0 aliphatic carbocycles. The lowest BCUT2D eigenvalue weighted by Gasteiger charge is -2.26. The molecule has 0 atom stereocenters. The average molecular weight is 321 g/mol. The third-order valence-corrected chi connectivity index (χ3v) is 3.15. The molecule has 0 radical (unpaired) electrons. The van der Waals surface area contributed by atoms with Crippen LogP contribution in [0.1, 0.15) is 30.6 Å². The lowest BCUT2D eigenvalue weighted by Crippen LogP contribution is -2.38. The van der Waals surface area contributed by atoms with Crippen LogP contribution < -0.4 is 0 Å². The zero-order valence-corrected chi connectivity index (χ0v) is 12.4. The smallest absolute Gasteiger partial charge is 0.285 e. The van der Waals surface area contributed by atoms with Gasteiger partial charge in [-0.05, 0) is 26.3 Å². The van der Waals surface area contributed by atoms with E-state index in [1.807, 2.05) is 0 Å². The number of hydrogen-bond donors (Lipinski definition) is 0. The molecule has 21 heavy (non-hydrogen) atoms. The van der Waals surface area contributed by atoms with E-state index >= 15 is 0 Å². The first-order valence-electron chi connectivity index (χ1n) is 6.30. The molecule has 8 heteroatoms. The molecule has 1 amide bonds. The number of hydrogen-bond acceptors (Lipinski definition) is 3. The molecule has 116 valence electrons. The molecule has 0 heterocycles. The minimum Gasteiger partial charge on any atom is -0.336 e. The summed E-state index contributed by atoms with van der Waals surface area (Å²) >= 11 is 5.57. The fourth-order valence-electron chi connectivity index (χ4n) is 1.84. The van der Waals surface area contributed by atoms with E-state index in [1.54, 1.807) is 13.8 Å². The highest BCUT2D eigenvalue weighted by atomic mass is 35.5. The van der Waals surface area contributed by atoms with Crippen LogP contribution in [-0.2, 0) is 0 Å². The summed E-state index contributed by atoms with van der Waals surface area (Å²) in [5.41, 5.74) is -1.22. The van der Waals surface area contributed by atoms with Crippen molar-refractivity contribution in [3.05, 3.63) is 39.4 Å². The van der Waals surface area contributed by atoms with Gasteiger partial charge in [-0.3, -0.25) is 14.9 Å². The first-order valence-corrected chi connectivity index (χ1v) is 6.83. The van der Waals surface area contributed by atoms with Crippen LogP contribution in [0.15, 0.2) is 12.1 Å². The van der Waals surface area contributed by atoms with Crippen molar-refractivity contribution in [3.63, 3.8) is 0 Å². The Bertz CT molecular complexity index is 552. The van der Waals surface area contributed by atoms with Gasteiger partial charge in [0, 0.05) is 18.5 Å². The molecule has 0 bridgehead atoms. The van der Waals surface area contributed by atoms with Gasteiger partial charge in [0.1, 0.15) is 5.56 Å². The monoisotopic (exact) mass is 320 g/mol. The Balaban J connectivity index is 3.26. The molecule has 1 rings (SSSR count). The Morgan fingerprint density at radius 1 is 1.38 bits per heavy atom. The molecule has 0 saturated heterocycles. The molecule has 5 nitrogen and oxygen atoms in total. The summed E-state index contributed by atoms with van der Waals surface area (Å²) in [6, 6.07) is 0.725. The van der Waals surface area contributed by atoms with Crippen LogP contribution in [0.2, 0.25) is 0 Å². The molecule has 1 aromatic carbocycles. The van der Waals surface area contributed by atoms with Crippen LogP contribution in [0.3, 0.4) is 0 Å². The van der Waals surface area contributed by atoms with Gasteiger partial charge in [0.25, 0.3) is 11.6 Å². The normalized spacial score (nSPS) is 10.8. The van der Waals surface area contributed by atoms with E-state index in [0.29, 0.717) is 24.4 Å². The lowest BCUT2D eigenvalue weighted by atomic mass is 10.1. The van der Waals surface area contributed by atoms with Gasteiger partial charge < -0.3 is 4.90 Å². The predicted octanol–water partition coefficient (Wildman–Crippen LogP) is 3.35. The van der Waals surface area contributed by atoms with Gasteiger partial charge in [-0.2, -0.15) is 0 Å². The van der Waals surface area contributed by atoms with Gasteiger partial charge in [-0.15, -0.1) is 11.6 Å². The maximum Gasteiger partial charge on any atom is 0.285 e. The summed E-state index contributed by atoms with van der Waals surface area (Å²) < 4.78 is 26.4. The largest absolute Gasteiger partial charge is 0.336 e. The second-order valence-corrected chi connectivity index (χ2v) is 5.05. The second-order valence-electron chi connectivity index (χ2n) is 4.68. The Morgan fingerprint density at radius 3 is 2.43 bits per heavy atom. The molecule has 0 fully saturated rings. The molecule has 0 aliphatic rings. The van der Waals surface area contributed by atoms with Gasteiger partial charge in [0.2, 0.25) is 0 Å². The minimum absolute atomic E-state index is 0.256. The number of carbonyl (C=O) groups excluding carboxylic acids is 1. The van der Waals surface area contributed by atoms with Crippen LogP contribution in [0.4, 0.5) is 14.5 Å². The highest BCUT2D eigenvalue weighted by molar-refractivity contribution is 6.17. The number of amides is 1. The van der Waals surface area contributed by atoms with E-state index in [2.05, 4.69) is 0 Å². The number of nitrogens with zero attached hydrogens (tertiary/aromatic N) is 2. The van der Waals surface area contributed by atoms with Crippen LogP contribution >= 0.6 is 11.6 Å². The zero-order chi connectivity index (χ0) is 16.2. The Kier molecular flexibility index (Phi) is 6.02. The number of halogens is 3. The first-order chi connectivity index (χ1) is 9.79. The Hall–Kier alpha value is -1.76. The van der Waals surface area contributed by atoms with Crippen molar-refractivity contribution in [1.29, 1.82) is 0 Å². The molecular formula is C13H15ClF2N2O3. The van der Waals surface area contributed by atoms with Crippen molar-refractivity contribution in [2.75, 3.05) is 12.4 Å². The third-order valence-electron chi connectivity index (χ3n) is 2.88. The number of alkyl halides is 1. The predicted molar refractivity (Wildman–Crippen MR) is 74.5 cm³/mol. The van der Waals surface area contributed by atoms with E-state index in [-0.39, 0.29) is 12.6 Å². The van der Waals surface area contributed by atoms with E-state index in [1.165, 1.54) is 4.90 Å². The van der Waals surface area contributed by atoms with Crippen LogP contribution in [-0.4, -0.2) is 34.2 Å². The van der Waals surface area contributed by atoms with E-state index in [0.717, 1.165) is 0 Å². The van der Waals surface area contributed by atoms with Gasteiger partial charge in [-0.25, -0.2) is 8.78 Å². The maximum absolute atomic E-state index is 13.3. The number of carbonyl (C=O) groups is 1. The Labute approximate surface area is 125 Å². The number of nitro benzene ring substituents is 1. The fraction of sp³-hybridized carbons (Fsp3) is 0.462. The highest BCUT2D eigenvalue weighted by Gasteiger charge is 2.28. The summed E-state index contributed by atoms with van der Waals surface area (Å²) in [5.74, 6) is -3.07. The maximum atomic E-state index is 13.3. The van der Waals surface area contributed by atoms with Crippen LogP contribution in [0.25, 0.3) is 0 Å². The van der Waals surface area contributed by atoms with E-state index in [4.69, 9.17) is 11.6 Å². The number of rotatable bonds is 6. The molecular weight excluding hydrogens is 306 g/mol.